The van der Waals surface area contributed by atoms with Crippen LogP contribution in [0.25, 0.3) is 0 Å². The molecule has 2 bridgehead atoms. The summed E-state index contributed by atoms with van der Waals surface area (Å²) in [7, 11) is 0. The first-order valence-electron chi connectivity index (χ1n) is 7.98. The standard InChI is InChI=1S/C17H33NO/c1-15(2,3)13(8-10-19)18-14-16(4,5)12-7-9-17(14,6)11-12/h12-14,18-19H,7-11H2,1-6H3/t12-,13?,14?,17+/m0/s1. The van der Waals surface area contributed by atoms with E-state index in [0.717, 1.165) is 12.3 Å². The Balaban J connectivity index is 2.17. The molecule has 0 aromatic heterocycles. The monoisotopic (exact) mass is 267 g/mol. The largest absolute Gasteiger partial charge is 0.396 e. The van der Waals surface area contributed by atoms with Crippen LogP contribution in [-0.4, -0.2) is 23.8 Å². The minimum absolute atomic E-state index is 0.205. The van der Waals surface area contributed by atoms with Gasteiger partial charge in [-0.05, 0) is 47.8 Å². The molecule has 112 valence electrons. The molecule has 0 saturated heterocycles. The lowest BCUT2D eigenvalue weighted by molar-refractivity contribution is 0.0712. The maximum atomic E-state index is 9.36. The molecule has 0 aromatic carbocycles. The molecule has 0 aliphatic heterocycles. The van der Waals surface area contributed by atoms with E-state index in [1.165, 1.54) is 19.3 Å². The van der Waals surface area contributed by atoms with Crippen LogP contribution in [0, 0.1) is 22.2 Å². The van der Waals surface area contributed by atoms with Crippen LogP contribution in [0.2, 0.25) is 0 Å². The van der Waals surface area contributed by atoms with Gasteiger partial charge in [0.25, 0.3) is 0 Å². The second-order valence-electron chi connectivity index (χ2n) is 8.95. The zero-order valence-corrected chi connectivity index (χ0v) is 13.7. The Morgan fingerprint density at radius 2 is 1.89 bits per heavy atom. The molecule has 0 aromatic rings. The molecule has 2 N–H and O–H groups in total. The van der Waals surface area contributed by atoms with Gasteiger partial charge in [-0.2, -0.15) is 0 Å². The van der Waals surface area contributed by atoms with Crippen LogP contribution in [0.1, 0.15) is 67.2 Å². The number of rotatable bonds is 4. The lowest BCUT2D eigenvalue weighted by atomic mass is 9.67. The molecular formula is C17H33NO. The van der Waals surface area contributed by atoms with Crippen LogP contribution in [-0.2, 0) is 0 Å². The van der Waals surface area contributed by atoms with E-state index in [9.17, 15) is 5.11 Å². The molecule has 2 aliphatic carbocycles. The van der Waals surface area contributed by atoms with Gasteiger partial charge >= 0.3 is 0 Å². The van der Waals surface area contributed by atoms with Crippen LogP contribution >= 0.6 is 0 Å². The highest BCUT2D eigenvalue weighted by Gasteiger charge is 2.59. The second kappa shape index (κ2) is 4.73. The summed E-state index contributed by atoms with van der Waals surface area (Å²) < 4.78 is 0. The minimum Gasteiger partial charge on any atom is -0.396 e. The molecule has 4 atom stereocenters. The summed E-state index contributed by atoms with van der Waals surface area (Å²) >= 11 is 0. The molecule has 2 saturated carbocycles. The average molecular weight is 267 g/mol. The molecule has 2 unspecified atom stereocenters. The molecule has 2 nitrogen and oxygen atoms in total. The summed E-state index contributed by atoms with van der Waals surface area (Å²) in [5, 5.41) is 13.3. The maximum absolute atomic E-state index is 9.36. The molecular weight excluding hydrogens is 234 g/mol. The van der Waals surface area contributed by atoms with E-state index < -0.39 is 0 Å². The summed E-state index contributed by atoms with van der Waals surface area (Å²) in [6.07, 6.45) is 5.01. The lowest BCUT2D eigenvalue weighted by Gasteiger charge is -2.47. The van der Waals surface area contributed by atoms with E-state index in [1.54, 1.807) is 0 Å². The number of hydrogen-bond acceptors (Lipinski definition) is 2. The molecule has 0 radical (unpaired) electrons. The van der Waals surface area contributed by atoms with Gasteiger partial charge in [0, 0.05) is 18.7 Å². The highest BCUT2D eigenvalue weighted by Crippen LogP contribution is 2.62. The van der Waals surface area contributed by atoms with Crippen LogP contribution in [0.5, 0.6) is 0 Å². The molecule has 0 spiro atoms. The molecule has 0 amide bonds. The molecule has 2 aliphatic rings. The molecule has 2 rings (SSSR count). The van der Waals surface area contributed by atoms with Crippen molar-refractivity contribution in [2.45, 2.75) is 79.3 Å². The summed E-state index contributed by atoms with van der Waals surface area (Å²) in [5.74, 6) is 0.879. The zero-order chi connectivity index (χ0) is 14.5. The van der Waals surface area contributed by atoms with Gasteiger partial charge < -0.3 is 10.4 Å². The van der Waals surface area contributed by atoms with Crippen molar-refractivity contribution >= 4 is 0 Å². The average Bonchev–Trinajstić information content (AvgIpc) is 2.72. The Morgan fingerprint density at radius 1 is 1.26 bits per heavy atom. The first-order chi connectivity index (χ1) is 8.61. The fraction of sp³-hybridized carbons (Fsp3) is 1.00. The summed E-state index contributed by atoms with van der Waals surface area (Å²) in [5.41, 5.74) is 1.07. The van der Waals surface area contributed by atoms with Crippen molar-refractivity contribution in [2.24, 2.45) is 22.2 Å². The van der Waals surface area contributed by atoms with E-state index in [-0.39, 0.29) is 12.0 Å². The van der Waals surface area contributed by atoms with Gasteiger partial charge in [-0.1, -0.05) is 41.5 Å². The predicted octanol–water partition coefficient (Wildman–Crippen LogP) is 3.59. The lowest BCUT2D eigenvalue weighted by Crippen LogP contribution is -2.56. The topological polar surface area (TPSA) is 32.3 Å². The predicted molar refractivity (Wildman–Crippen MR) is 81.1 cm³/mol. The van der Waals surface area contributed by atoms with Gasteiger partial charge in [0.2, 0.25) is 0 Å². The van der Waals surface area contributed by atoms with Crippen LogP contribution in [0.15, 0.2) is 0 Å². The fourth-order valence-electron chi connectivity index (χ4n) is 4.81. The molecule has 19 heavy (non-hydrogen) atoms. The Kier molecular flexibility index (Phi) is 3.81. The van der Waals surface area contributed by atoms with Crippen molar-refractivity contribution in [3.63, 3.8) is 0 Å². The normalized spacial score (nSPS) is 38.7. The van der Waals surface area contributed by atoms with Crippen molar-refractivity contribution in [3.8, 4) is 0 Å². The zero-order valence-electron chi connectivity index (χ0n) is 13.7. The van der Waals surface area contributed by atoms with E-state index in [4.69, 9.17) is 0 Å². The van der Waals surface area contributed by atoms with Gasteiger partial charge in [-0.15, -0.1) is 0 Å². The third-order valence-corrected chi connectivity index (χ3v) is 6.10. The third-order valence-electron chi connectivity index (χ3n) is 6.10. The Bertz CT molecular complexity index is 326. The Hall–Kier alpha value is -0.0800. The highest BCUT2D eigenvalue weighted by molar-refractivity contribution is 5.13. The molecule has 2 fully saturated rings. The minimum atomic E-state index is 0.205. The first-order valence-corrected chi connectivity index (χ1v) is 7.98. The van der Waals surface area contributed by atoms with Crippen molar-refractivity contribution in [1.82, 2.24) is 5.32 Å². The van der Waals surface area contributed by atoms with Gasteiger partial charge in [0.1, 0.15) is 0 Å². The second-order valence-corrected chi connectivity index (χ2v) is 8.95. The Labute approximate surface area is 119 Å². The quantitative estimate of drug-likeness (QED) is 0.816. The highest BCUT2D eigenvalue weighted by atomic mass is 16.3. The van der Waals surface area contributed by atoms with E-state index in [1.807, 2.05) is 0 Å². The number of nitrogens with one attached hydrogen (secondary N) is 1. The van der Waals surface area contributed by atoms with Gasteiger partial charge in [0.05, 0.1) is 0 Å². The number of fused-ring (bicyclic) bond motifs is 2. The van der Waals surface area contributed by atoms with Crippen LogP contribution in [0.3, 0.4) is 0 Å². The Morgan fingerprint density at radius 3 is 2.32 bits per heavy atom. The van der Waals surface area contributed by atoms with Crippen LogP contribution < -0.4 is 5.32 Å². The van der Waals surface area contributed by atoms with Crippen molar-refractivity contribution in [1.29, 1.82) is 0 Å². The summed E-state index contributed by atoms with van der Waals surface area (Å²) in [6.45, 7) is 14.5. The first kappa shape index (κ1) is 15.3. The van der Waals surface area contributed by atoms with E-state index >= 15 is 0 Å². The molecule has 2 heteroatoms. The van der Waals surface area contributed by atoms with Gasteiger partial charge in [0.15, 0.2) is 0 Å². The number of aliphatic hydroxyl groups is 1. The van der Waals surface area contributed by atoms with E-state index in [0.29, 0.717) is 22.9 Å². The van der Waals surface area contributed by atoms with Crippen molar-refractivity contribution in [3.05, 3.63) is 0 Å². The van der Waals surface area contributed by atoms with Crippen molar-refractivity contribution < 1.29 is 5.11 Å². The fourth-order valence-corrected chi connectivity index (χ4v) is 4.81. The smallest absolute Gasteiger partial charge is 0.0446 e. The van der Waals surface area contributed by atoms with Crippen molar-refractivity contribution in [2.75, 3.05) is 6.61 Å². The number of hydrogen-bond donors (Lipinski definition) is 2. The van der Waals surface area contributed by atoms with E-state index in [2.05, 4.69) is 46.9 Å². The van der Waals surface area contributed by atoms with Gasteiger partial charge in [-0.25, -0.2) is 0 Å². The molecule has 0 heterocycles. The number of aliphatic hydroxyl groups excluding tert-OH is 1. The maximum Gasteiger partial charge on any atom is 0.0446 e. The van der Waals surface area contributed by atoms with Gasteiger partial charge in [-0.3, -0.25) is 0 Å². The summed E-state index contributed by atoms with van der Waals surface area (Å²) in [4.78, 5) is 0. The van der Waals surface area contributed by atoms with Crippen LogP contribution in [0.4, 0.5) is 0 Å². The summed E-state index contributed by atoms with van der Waals surface area (Å²) in [6, 6.07) is 0.993. The SMILES string of the molecule is CC(C)(C)C(CCO)NC1C(C)(C)[C@H]2CC[C@]1(C)C2. The third kappa shape index (κ3) is 2.58.